The Morgan fingerprint density at radius 2 is 0.494 bits per heavy atom. The van der Waals surface area contributed by atoms with Gasteiger partial charge in [0.05, 0.1) is 0 Å². The quantitative estimate of drug-likeness (QED) is 0.0261. The van der Waals surface area contributed by atoms with E-state index in [0.717, 1.165) is 167 Å². The molecule has 0 heterocycles. The van der Waals surface area contributed by atoms with Crippen LogP contribution < -0.4 is 0 Å². The molecule has 0 radical (unpaired) electrons. The lowest BCUT2D eigenvalue weighted by Gasteiger charge is -2.18. The molecule has 0 aromatic heterocycles. The van der Waals surface area contributed by atoms with Gasteiger partial charge < -0.3 is 14.2 Å². The lowest BCUT2D eigenvalue weighted by molar-refractivity contribution is -0.167. The Labute approximate surface area is 484 Å². The van der Waals surface area contributed by atoms with Crippen molar-refractivity contribution in [2.45, 2.75) is 245 Å². The summed E-state index contributed by atoms with van der Waals surface area (Å²) in [5.41, 5.74) is 0. The van der Waals surface area contributed by atoms with Crippen LogP contribution in [-0.4, -0.2) is 37.2 Å². The maximum Gasteiger partial charge on any atom is 0.306 e. The van der Waals surface area contributed by atoms with Gasteiger partial charge in [0.15, 0.2) is 6.10 Å². The summed E-state index contributed by atoms with van der Waals surface area (Å²) in [6, 6.07) is 0. The average molecular weight is 1090 g/mol. The minimum atomic E-state index is -0.822. The van der Waals surface area contributed by atoms with Crippen LogP contribution in [0.25, 0.3) is 0 Å². The maximum atomic E-state index is 12.9. The van der Waals surface area contributed by atoms with Crippen molar-refractivity contribution in [1.29, 1.82) is 0 Å². The molecule has 1 unspecified atom stereocenters. The van der Waals surface area contributed by atoms with Gasteiger partial charge in [-0.1, -0.05) is 248 Å². The maximum absolute atomic E-state index is 12.9. The van der Waals surface area contributed by atoms with E-state index in [0.29, 0.717) is 12.8 Å². The van der Waals surface area contributed by atoms with E-state index in [-0.39, 0.29) is 44.0 Å². The predicted octanol–water partition coefficient (Wildman–Crippen LogP) is 21.7. The van der Waals surface area contributed by atoms with Crippen LogP contribution in [0.5, 0.6) is 0 Å². The molecular weight excluding hydrogens is 973 g/mol. The first-order valence-corrected chi connectivity index (χ1v) is 31.3. The Morgan fingerprint density at radius 3 is 0.810 bits per heavy atom. The van der Waals surface area contributed by atoms with E-state index in [1.165, 1.54) is 25.7 Å². The highest BCUT2D eigenvalue weighted by molar-refractivity contribution is 5.71. The summed E-state index contributed by atoms with van der Waals surface area (Å²) < 4.78 is 16.8. The number of hydrogen-bond acceptors (Lipinski definition) is 6. The van der Waals surface area contributed by atoms with Crippen LogP contribution in [0.15, 0.2) is 182 Å². The van der Waals surface area contributed by atoms with Gasteiger partial charge in [-0.25, -0.2) is 0 Å². The minimum absolute atomic E-state index is 0.115. The van der Waals surface area contributed by atoms with E-state index in [1.807, 2.05) is 0 Å². The fourth-order valence-electron chi connectivity index (χ4n) is 7.73. The van der Waals surface area contributed by atoms with Crippen LogP contribution in [0.4, 0.5) is 0 Å². The largest absolute Gasteiger partial charge is 0.462 e. The smallest absolute Gasteiger partial charge is 0.306 e. The Morgan fingerprint density at radius 1 is 0.266 bits per heavy atom. The van der Waals surface area contributed by atoms with Crippen molar-refractivity contribution in [3.05, 3.63) is 182 Å². The highest BCUT2D eigenvalue weighted by Crippen LogP contribution is 2.12. The van der Waals surface area contributed by atoms with Gasteiger partial charge in [-0.05, 0) is 154 Å². The second kappa shape index (κ2) is 65.0. The van der Waals surface area contributed by atoms with Crippen molar-refractivity contribution in [1.82, 2.24) is 0 Å². The summed E-state index contributed by atoms with van der Waals surface area (Å²) in [5.74, 6) is -1.00. The van der Waals surface area contributed by atoms with Gasteiger partial charge in [0, 0.05) is 19.3 Å². The van der Waals surface area contributed by atoms with Crippen LogP contribution in [-0.2, 0) is 28.6 Å². The SMILES string of the molecule is CC/C=C\C/C=C\C/C=C\C/C=C\C/C=C\C/C=C\C/C=C\C/C=C\C/C=C\C/C=C\CCCCC(=O)OCC(COC(=O)CCCCCCC/C=C\CCCC)OC(=O)CCCCCC/C=C\C/C=C\C/C=C\C/C=C\CC. The summed E-state index contributed by atoms with van der Waals surface area (Å²) in [4.78, 5) is 38.2. The molecule has 1 atom stereocenters. The Hall–Kier alpha value is -5.49. The molecule has 0 N–H and O–H groups in total. The normalized spacial score (nSPS) is 13.4. The number of allylic oxidation sites excluding steroid dienone is 30. The Kier molecular flexibility index (Phi) is 60.5. The lowest BCUT2D eigenvalue weighted by atomic mass is 10.1. The molecule has 0 aliphatic heterocycles. The van der Waals surface area contributed by atoms with Gasteiger partial charge in [-0.3, -0.25) is 14.4 Å². The number of hydrogen-bond donors (Lipinski definition) is 0. The second-order valence-corrected chi connectivity index (χ2v) is 19.8. The van der Waals surface area contributed by atoms with Crippen LogP contribution >= 0.6 is 0 Å². The Bertz CT molecular complexity index is 1870. The van der Waals surface area contributed by atoms with Gasteiger partial charge in [-0.15, -0.1) is 0 Å². The molecule has 0 amide bonds. The number of unbranched alkanes of at least 4 members (excludes halogenated alkanes) is 13. The molecule has 0 rings (SSSR count). The molecule has 0 saturated heterocycles. The van der Waals surface area contributed by atoms with Crippen molar-refractivity contribution in [3.63, 3.8) is 0 Å². The lowest BCUT2D eigenvalue weighted by Crippen LogP contribution is -2.30. The number of carbonyl (C=O) groups is 3. The molecule has 79 heavy (non-hydrogen) atoms. The van der Waals surface area contributed by atoms with Crippen LogP contribution in [0.2, 0.25) is 0 Å². The molecule has 440 valence electrons. The van der Waals surface area contributed by atoms with Crippen LogP contribution in [0.3, 0.4) is 0 Å². The van der Waals surface area contributed by atoms with Gasteiger partial charge in [-0.2, -0.15) is 0 Å². The molecule has 0 bridgehead atoms. The summed E-state index contributed by atoms with van der Waals surface area (Å²) in [6.45, 7) is 6.29. The molecule has 0 aliphatic rings. The Balaban J connectivity index is 4.41. The third-order valence-corrected chi connectivity index (χ3v) is 12.4. The molecule has 0 fully saturated rings. The van der Waals surface area contributed by atoms with Gasteiger partial charge in [0.25, 0.3) is 0 Å². The predicted molar refractivity (Wildman–Crippen MR) is 343 cm³/mol. The van der Waals surface area contributed by atoms with E-state index in [2.05, 4.69) is 203 Å². The molecule has 0 aromatic carbocycles. The number of esters is 3. The van der Waals surface area contributed by atoms with Gasteiger partial charge in [0.2, 0.25) is 0 Å². The third-order valence-electron chi connectivity index (χ3n) is 12.4. The van der Waals surface area contributed by atoms with E-state index >= 15 is 0 Å². The topological polar surface area (TPSA) is 78.9 Å². The zero-order chi connectivity index (χ0) is 57.1. The van der Waals surface area contributed by atoms with Gasteiger partial charge >= 0.3 is 17.9 Å². The van der Waals surface area contributed by atoms with Crippen molar-refractivity contribution >= 4 is 17.9 Å². The molecule has 0 aromatic rings. The molecule has 6 nitrogen and oxygen atoms in total. The fourth-order valence-corrected chi connectivity index (χ4v) is 7.73. The van der Waals surface area contributed by atoms with Gasteiger partial charge in [0.1, 0.15) is 13.2 Å². The molecule has 0 spiro atoms. The second-order valence-electron chi connectivity index (χ2n) is 19.8. The monoisotopic (exact) mass is 1080 g/mol. The summed E-state index contributed by atoms with van der Waals surface area (Å²) >= 11 is 0. The summed E-state index contributed by atoms with van der Waals surface area (Å²) in [6.07, 6.45) is 97.6. The van der Waals surface area contributed by atoms with Crippen molar-refractivity contribution in [2.24, 2.45) is 0 Å². The zero-order valence-corrected chi connectivity index (χ0v) is 50.3. The van der Waals surface area contributed by atoms with Crippen molar-refractivity contribution in [3.8, 4) is 0 Å². The highest BCUT2D eigenvalue weighted by Gasteiger charge is 2.19. The van der Waals surface area contributed by atoms with E-state index < -0.39 is 6.10 Å². The fraction of sp³-hybridized carbons (Fsp3) is 0.548. The van der Waals surface area contributed by atoms with Crippen molar-refractivity contribution < 1.29 is 28.6 Å². The van der Waals surface area contributed by atoms with Crippen LogP contribution in [0, 0.1) is 0 Å². The molecule has 0 aliphatic carbocycles. The number of rotatable bonds is 54. The first kappa shape index (κ1) is 73.5. The molecule has 6 heteroatoms. The van der Waals surface area contributed by atoms with Crippen LogP contribution in [0.1, 0.15) is 239 Å². The minimum Gasteiger partial charge on any atom is -0.462 e. The van der Waals surface area contributed by atoms with E-state index in [9.17, 15) is 14.4 Å². The van der Waals surface area contributed by atoms with E-state index in [1.54, 1.807) is 0 Å². The number of carbonyl (C=O) groups excluding carboxylic acids is 3. The first-order valence-electron chi connectivity index (χ1n) is 31.3. The molecular formula is C73H112O6. The zero-order valence-electron chi connectivity index (χ0n) is 50.3. The summed E-state index contributed by atoms with van der Waals surface area (Å²) in [7, 11) is 0. The first-order chi connectivity index (χ1) is 39.0. The summed E-state index contributed by atoms with van der Waals surface area (Å²) in [5, 5.41) is 0. The van der Waals surface area contributed by atoms with E-state index in [4.69, 9.17) is 14.2 Å². The average Bonchev–Trinajstić information content (AvgIpc) is 3.45. The standard InChI is InChI=1S/C73H112O6/c1-4-7-10-13-16-19-22-24-26-28-29-30-31-32-33-34-35-36-37-38-39-40-41-42-43-45-46-48-51-54-57-60-63-66-72(75)78-69-70(68-77-71(74)65-62-59-56-53-50-21-18-15-12-9-6-3)79-73(76)67-64-61-58-55-52-49-47-44-27-25-23-20-17-14-11-8-5-2/h7-8,10-11,15-20,24-27,29-30,32-33,35-36,38-39,41-42,45-47,49,51,54,70H,4-6,9,12-14,21-23,28,31,34,37,40,43-44,48,50,52-53,55-69H2,1-3H3/b10-7-,11-8-,18-15-,19-16-,20-17-,26-24-,27-25-,30-29-,33-32-,36-35-,39-38-,42-41-,46-45-,49-47-,54-51-. The molecule has 0 saturated carbocycles. The number of ether oxygens (including phenoxy) is 3. The third kappa shape index (κ3) is 63.2. The van der Waals surface area contributed by atoms with Crippen molar-refractivity contribution in [2.75, 3.05) is 13.2 Å². The highest BCUT2D eigenvalue weighted by atomic mass is 16.6.